The van der Waals surface area contributed by atoms with Crippen molar-refractivity contribution < 1.29 is 4.79 Å². The van der Waals surface area contributed by atoms with Crippen LogP contribution in [0.2, 0.25) is 0 Å². The third kappa shape index (κ3) is 4.00. The van der Waals surface area contributed by atoms with E-state index in [4.69, 9.17) is 0 Å². The smallest absolute Gasteiger partial charge is 0.193 e. The molecule has 0 atom stereocenters. The van der Waals surface area contributed by atoms with E-state index in [9.17, 15) is 4.79 Å². The Hall–Kier alpha value is -1.10. The number of halogens is 1. The number of nitrogens with zero attached hydrogens (tertiary/aromatic N) is 1. The van der Waals surface area contributed by atoms with Gasteiger partial charge >= 0.3 is 0 Å². The van der Waals surface area contributed by atoms with E-state index in [1.54, 1.807) is 0 Å². The summed E-state index contributed by atoms with van der Waals surface area (Å²) in [7, 11) is 0. The minimum absolute atomic E-state index is 0.0866. The molecule has 1 fully saturated rings. The molecule has 2 aromatic carbocycles. The normalized spacial score (nSPS) is 15.7. The van der Waals surface area contributed by atoms with Gasteiger partial charge in [-0.25, -0.2) is 0 Å². The molecule has 0 amide bonds. The van der Waals surface area contributed by atoms with Crippen LogP contribution >= 0.6 is 27.7 Å². The number of hydrogen-bond acceptors (Lipinski definition) is 3. The lowest BCUT2D eigenvalue weighted by Crippen LogP contribution is -2.31. The van der Waals surface area contributed by atoms with E-state index >= 15 is 0 Å². The van der Waals surface area contributed by atoms with Crippen LogP contribution < -0.4 is 0 Å². The lowest BCUT2D eigenvalue weighted by atomic mass is 10.0. The molecule has 1 aliphatic rings. The van der Waals surface area contributed by atoms with Crippen LogP contribution in [0.3, 0.4) is 0 Å². The van der Waals surface area contributed by atoms with E-state index < -0.39 is 0 Å². The molecule has 0 bridgehead atoms. The first-order valence-corrected chi connectivity index (χ1v) is 9.36. The summed E-state index contributed by atoms with van der Waals surface area (Å²) in [4.78, 5) is 15.0. The molecule has 2 aromatic rings. The van der Waals surface area contributed by atoms with Crippen LogP contribution in [0.1, 0.15) is 21.5 Å². The molecule has 114 valence electrons. The van der Waals surface area contributed by atoms with E-state index in [1.165, 1.54) is 17.1 Å². The summed E-state index contributed by atoms with van der Waals surface area (Å²) in [6.07, 6.45) is 0. The van der Waals surface area contributed by atoms with Gasteiger partial charge in [0, 0.05) is 46.7 Å². The van der Waals surface area contributed by atoms with E-state index in [2.05, 4.69) is 26.9 Å². The van der Waals surface area contributed by atoms with Gasteiger partial charge in [0.25, 0.3) is 0 Å². The van der Waals surface area contributed by atoms with Crippen molar-refractivity contribution >= 4 is 33.5 Å². The standard InChI is InChI=1S/C18H18BrNOS/c19-17-6-4-15(5-7-17)18(21)16-3-1-2-14(12-16)13-20-8-10-22-11-9-20/h1-7,12H,8-11,13H2. The molecule has 2 nitrogen and oxygen atoms in total. The van der Waals surface area contributed by atoms with Crippen molar-refractivity contribution in [2.75, 3.05) is 24.6 Å². The van der Waals surface area contributed by atoms with Gasteiger partial charge < -0.3 is 0 Å². The van der Waals surface area contributed by atoms with Gasteiger partial charge in [-0.3, -0.25) is 9.69 Å². The van der Waals surface area contributed by atoms with Crippen molar-refractivity contribution in [1.29, 1.82) is 0 Å². The number of thioether (sulfide) groups is 1. The molecule has 22 heavy (non-hydrogen) atoms. The molecule has 0 aliphatic carbocycles. The van der Waals surface area contributed by atoms with Crippen molar-refractivity contribution in [3.63, 3.8) is 0 Å². The highest BCUT2D eigenvalue weighted by Crippen LogP contribution is 2.17. The highest BCUT2D eigenvalue weighted by atomic mass is 79.9. The molecule has 1 heterocycles. The summed E-state index contributed by atoms with van der Waals surface area (Å²) in [6, 6.07) is 15.6. The Balaban J connectivity index is 1.75. The van der Waals surface area contributed by atoms with Crippen LogP contribution in [0.15, 0.2) is 53.0 Å². The topological polar surface area (TPSA) is 20.3 Å². The van der Waals surface area contributed by atoms with Gasteiger partial charge in [0.1, 0.15) is 0 Å². The van der Waals surface area contributed by atoms with Crippen LogP contribution in [-0.2, 0) is 6.54 Å². The summed E-state index contributed by atoms with van der Waals surface area (Å²) in [5, 5.41) is 0. The third-order valence-corrected chi connectivity index (χ3v) is 5.28. The zero-order chi connectivity index (χ0) is 15.4. The Morgan fingerprint density at radius 1 is 1.05 bits per heavy atom. The van der Waals surface area contributed by atoms with Gasteiger partial charge in [-0.1, -0.05) is 34.1 Å². The predicted molar refractivity (Wildman–Crippen MR) is 96.6 cm³/mol. The van der Waals surface area contributed by atoms with Crippen molar-refractivity contribution in [3.05, 3.63) is 69.7 Å². The maximum absolute atomic E-state index is 12.6. The molecule has 1 aliphatic heterocycles. The molecule has 0 spiro atoms. The van der Waals surface area contributed by atoms with Crippen LogP contribution in [0.4, 0.5) is 0 Å². The highest BCUT2D eigenvalue weighted by Gasteiger charge is 2.13. The van der Waals surface area contributed by atoms with E-state index in [0.29, 0.717) is 0 Å². The summed E-state index contributed by atoms with van der Waals surface area (Å²) in [5.41, 5.74) is 2.72. The first-order valence-electron chi connectivity index (χ1n) is 7.42. The van der Waals surface area contributed by atoms with Gasteiger partial charge in [-0.15, -0.1) is 0 Å². The largest absolute Gasteiger partial charge is 0.297 e. The minimum Gasteiger partial charge on any atom is -0.297 e. The fraction of sp³-hybridized carbons (Fsp3) is 0.278. The summed E-state index contributed by atoms with van der Waals surface area (Å²) in [6.45, 7) is 3.20. The van der Waals surface area contributed by atoms with Crippen LogP contribution in [0, 0.1) is 0 Å². The maximum atomic E-state index is 12.6. The lowest BCUT2D eigenvalue weighted by Gasteiger charge is -2.26. The molecular weight excluding hydrogens is 358 g/mol. The molecule has 3 rings (SSSR count). The third-order valence-electron chi connectivity index (χ3n) is 3.81. The summed E-state index contributed by atoms with van der Waals surface area (Å²) >= 11 is 5.42. The molecule has 0 unspecified atom stereocenters. The van der Waals surface area contributed by atoms with E-state index in [0.717, 1.165) is 35.2 Å². The average Bonchev–Trinajstić information content (AvgIpc) is 2.56. The zero-order valence-corrected chi connectivity index (χ0v) is 14.7. The molecule has 0 aromatic heterocycles. The quantitative estimate of drug-likeness (QED) is 0.745. The zero-order valence-electron chi connectivity index (χ0n) is 12.3. The number of carbonyl (C=O) groups is 1. The first-order chi connectivity index (χ1) is 10.7. The second-order valence-corrected chi connectivity index (χ2v) is 7.57. The van der Waals surface area contributed by atoms with E-state index in [1.807, 2.05) is 54.2 Å². The fourth-order valence-electron chi connectivity index (χ4n) is 2.60. The molecule has 0 saturated carbocycles. The van der Waals surface area contributed by atoms with Crippen LogP contribution in [0.25, 0.3) is 0 Å². The van der Waals surface area contributed by atoms with Crippen LogP contribution in [0.5, 0.6) is 0 Å². The fourth-order valence-corrected chi connectivity index (χ4v) is 3.84. The number of ketones is 1. The second kappa shape index (κ2) is 7.44. The van der Waals surface area contributed by atoms with Gasteiger partial charge in [0.2, 0.25) is 0 Å². The monoisotopic (exact) mass is 375 g/mol. The molecule has 0 radical (unpaired) electrons. The number of rotatable bonds is 4. The SMILES string of the molecule is O=C(c1ccc(Br)cc1)c1cccc(CN2CCSCC2)c1. The summed E-state index contributed by atoms with van der Waals surface area (Å²) in [5.74, 6) is 2.50. The van der Waals surface area contributed by atoms with Gasteiger partial charge in [-0.2, -0.15) is 11.8 Å². The van der Waals surface area contributed by atoms with Crippen molar-refractivity contribution in [3.8, 4) is 0 Å². The number of hydrogen-bond donors (Lipinski definition) is 0. The number of carbonyl (C=O) groups excluding carboxylic acids is 1. The Labute approximate surface area is 144 Å². The maximum Gasteiger partial charge on any atom is 0.193 e. The molecule has 4 heteroatoms. The predicted octanol–water partition coefficient (Wildman–Crippen LogP) is 4.23. The molecule has 1 saturated heterocycles. The van der Waals surface area contributed by atoms with Crippen molar-refractivity contribution in [2.24, 2.45) is 0 Å². The molecular formula is C18H18BrNOS. The summed E-state index contributed by atoms with van der Waals surface area (Å²) < 4.78 is 0.987. The van der Waals surface area contributed by atoms with Gasteiger partial charge in [-0.05, 0) is 35.9 Å². The number of benzene rings is 2. The Morgan fingerprint density at radius 2 is 1.77 bits per heavy atom. The molecule has 0 N–H and O–H groups in total. The van der Waals surface area contributed by atoms with Crippen molar-refractivity contribution in [1.82, 2.24) is 4.90 Å². The lowest BCUT2D eigenvalue weighted by molar-refractivity contribution is 0.103. The Bertz CT molecular complexity index is 650. The van der Waals surface area contributed by atoms with Gasteiger partial charge in [0.05, 0.1) is 0 Å². The Morgan fingerprint density at radius 3 is 2.50 bits per heavy atom. The van der Waals surface area contributed by atoms with E-state index in [-0.39, 0.29) is 5.78 Å². The highest BCUT2D eigenvalue weighted by molar-refractivity contribution is 9.10. The van der Waals surface area contributed by atoms with Crippen molar-refractivity contribution in [2.45, 2.75) is 6.54 Å². The second-order valence-electron chi connectivity index (χ2n) is 5.42. The minimum atomic E-state index is 0.0866. The first kappa shape index (κ1) is 15.8. The Kier molecular flexibility index (Phi) is 5.34. The van der Waals surface area contributed by atoms with Gasteiger partial charge in [0.15, 0.2) is 5.78 Å². The average molecular weight is 376 g/mol. The van der Waals surface area contributed by atoms with Crippen LogP contribution in [-0.4, -0.2) is 35.3 Å².